The van der Waals surface area contributed by atoms with Gasteiger partial charge in [0.2, 0.25) is 0 Å². The van der Waals surface area contributed by atoms with E-state index in [9.17, 15) is 29.3 Å². The highest BCUT2D eigenvalue weighted by molar-refractivity contribution is 6.09. The molecular weight excluding hydrogens is 454 g/mol. The zero-order valence-electron chi connectivity index (χ0n) is 19.2. The number of nitro groups is 1. The molecule has 0 saturated carbocycles. The maximum atomic E-state index is 13.5. The number of ether oxygens (including phenoxy) is 1. The van der Waals surface area contributed by atoms with Crippen LogP contribution in [0.2, 0.25) is 0 Å². The van der Waals surface area contributed by atoms with E-state index < -0.39 is 46.8 Å². The number of ketones is 1. The third-order valence-electron chi connectivity index (χ3n) is 6.29. The highest BCUT2D eigenvalue weighted by Crippen LogP contribution is 2.38. The summed E-state index contributed by atoms with van der Waals surface area (Å²) < 4.78 is 5.15. The Morgan fingerprint density at radius 3 is 2.43 bits per heavy atom. The van der Waals surface area contributed by atoms with Crippen molar-refractivity contribution < 1.29 is 28.8 Å². The number of non-ortho nitro benzene ring substituents is 1. The number of carbonyl (C=O) groups is 4. The topological polar surface area (TPSA) is 127 Å². The van der Waals surface area contributed by atoms with Gasteiger partial charge >= 0.3 is 0 Å². The molecule has 1 saturated heterocycles. The molecule has 180 valence electrons. The van der Waals surface area contributed by atoms with Crippen molar-refractivity contribution in [3.05, 3.63) is 81.4 Å². The fraction of sp³-hybridized carbons (Fsp3) is 0.280. The van der Waals surface area contributed by atoms with Crippen LogP contribution in [0.25, 0.3) is 0 Å². The van der Waals surface area contributed by atoms with Gasteiger partial charge in [0.05, 0.1) is 23.9 Å². The third kappa shape index (κ3) is 4.54. The third-order valence-corrected chi connectivity index (χ3v) is 6.29. The van der Waals surface area contributed by atoms with E-state index >= 15 is 0 Å². The summed E-state index contributed by atoms with van der Waals surface area (Å²) in [7, 11) is 1.45. The van der Waals surface area contributed by atoms with Crippen molar-refractivity contribution in [3.8, 4) is 5.75 Å². The number of nitrogens with zero attached hydrogens (tertiary/aromatic N) is 3. The largest absolute Gasteiger partial charge is 0.497 e. The molecule has 4 rings (SSSR count). The standard InChI is InChI=1S/C25H23N3O7/c1-15-6-11-20-21(12-15)25(32)27(24(20)31)26(14-22(29)17-4-3-5-19(13-17)35-2)23(30)16-7-9-18(10-8-16)28(33)34/h3-10,13,20-21H,11-12,14H2,1-2H3/t20-,21-/m1/s1. The normalized spacial score (nSPS) is 19.1. The van der Waals surface area contributed by atoms with Gasteiger partial charge in [0.25, 0.3) is 23.4 Å². The van der Waals surface area contributed by atoms with Crippen molar-refractivity contribution in [2.75, 3.05) is 13.7 Å². The van der Waals surface area contributed by atoms with Crippen LogP contribution in [0.15, 0.2) is 60.2 Å². The molecule has 0 aromatic heterocycles. The molecule has 0 unspecified atom stereocenters. The Kier molecular flexibility index (Phi) is 6.46. The molecule has 0 radical (unpaired) electrons. The average molecular weight is 477 g/mol. The summed E-state index contributed by atoms with van der Waals surface area (Å²) in [5.41, 5.74) is 0.995. The number of Topliss-reactive ketones (excluding diaryl/α,β-unsaturated/α-hetero) is 1. The van der Waals surface area contributed by atoms with E-state index in [1.54, 1.807) is 18.2 Å². The smallest absolute Gasteiger partial charge is 0.273 e. The number of allylic oxidation sites excluding steroid dienone is 2. The van der Waals surface area contributed by atoms with Crippen LogP contribution in [0, 0.1) is 22.0 Å². The number of methoxy groups -OCH3 is 1. The molecule has 0 N–H and O–H groups in total. The van der Waals surface area contributed by atoms with Crippen LogP contribution in [0.5, 0.6) is 5.75 Å². The minimum atomic E-state index is -0.791. The van der Waals surface area contributed by atoms with Gasteiger partial charge in [-0.25, -0.2) is 5.01 Å². The Balaban J connectivity index is 1.69. The molecule has 1 heterocycles. The number of carbonyl (C=O) groups excluding carboxylic acids is 4. The van der Waals surface area contributed by atoms with Crippen molar-refractivity contribution in [2.24, 2.45) is 11.8 Å². The summed E-state index contributed by atoms with van der Waals surface area (Å²) >= 11 is 0. The Labute approximate surface area is 200 Å². The van der Waals surface area contributed by atoms with E-state index in [0.29, 0.717) is 18.6 Å². The average Bonchev–Trinajstić information content (AvgIpc) is 3.11. The molecule has 1 fully saturated rings. The number of fused-ring (bicyclic) bond motifs is 1. The van der Waals surface area contributed by atoms with Gasteiger partial charge in [0.1, 0.15) is 12.3 Å². The molecule has 0 bridgehead atoms. The van der Waals surface area contributed by atoms with E-state index in [1.165, 1.54) is 25.3 Å². The zero-order valence-corrected chi connectivity index (χ0v) is 19.2. The molecule has 35 heavy (non-hydrogen) atoms. The predicted molar refractivity (Wildman–Crippen MR) is 123 cm³/mol. The molecule has 2 atom stereocenters. The van der Waals surface area contributed by atoms with Gasteiger partial charge in [-0.2, -0.15) is 5.01 Å². The molecule has 1 aliphatic carbocycles. The lowest BCUT2D eigenvalue weighted by Crippen LogP contribution is -2.52. The summed E-state index contributed by atoms with van der Waals surface area (Å²) in [5.74, 6) is -3.16. The van der Waals surface area contributed by atoms with Crippen molar-refractivity contribution in [1.29, 1.82) is 0 Å². The van der Waals surface area contributed by atoms with Crippen molar-refractivity contribution in [2.45, 2.75) is 19.8 Å². The number of imide groups is 1. The summed E-state index contributed by atoms with van der Waals surface area (Å²) in [4.78, 5) is 63.6. The van der Waals surface area contributed by atoms with E-state index in [1.807, 2.05) is 13.0 Å². The van der Waals surface area contributed by atoms with Gasteiger partial charge in [-0.15, -0.1) is 0 Å². The second-order valence-electron chi connectivity index (χ2n) is 8.51. The number of amides is 3. The number of hydrazine groups is 1. The summed E-state index contributed by atoms with van der Waals surface area (Å²) in [6, 6.07) is 11.1. The SMILES string of the molecule is COc1cccc(C(=O)CN(C(=O)c2ccc([N+](=O)[O-])cc2)N2C(=O)[C@@H]3CC=C(C)C[C@H]3C2=O)c1. The second kappa shape index (κ2) is 9.49. The van der Waals surface area contributed by atoms with E-state index in [0.717, 1.165) is 27.7 Å². The lowest BCUT2D eigenvalue weighted by molar-refractivity contribution is -0.384. The molecule has 10 nitrogen and oxygen atoms in total. The molecule has 1 aliphatic heterocycles. The highest BCUT2D eigenvalue weighted by atomic mass is 16.6. The van der Waals surface area contributed by atoms with Crippen LogP contribution >= 0.6 is 0 Å². The van der Waals surface area contributed by atoms with Crippen LogP contribution in [0.1, 0.15) is 40.5 Å². The Hall–Kier alpha value is -4.34. The highest BCUT2D eigenvalue weighted by Gasteiger charge is 2.51. The number of benzene rings is 2. The van der Waals surface area contributed by atoms with Crippen molar-refractivity contribution in [3.63, 3.8) is 0 Å². The van der Waals surface area contributed by atoms with Gasteiger partial charge in [0, 0.05) is 23.3 Å². The fourth-order valence-electron chi connectivity index (χ4n) is 4.39. The lowest BCUT2D eigenvalue weighted by atomic mass is 9.82. The molecule has 2 aromatic carbocycles. The Morgan fingerprint density at radius 1 is 1.09 bits per heavy atom. The molecule has 10 heteroatoms. The maximum Gasteiger partial charge on any atom is 0.273 e. The summed E-state index contributed by atoms with van der Waals surface area (Å²) in [5, 5.41) is 12.6. The lowest BCUT2D eigenvalue weighted by Gasteiger charge is -2.30. The minimum absolute atomic E-state index is 0.00109. The number of hydrogen-bond acceptors (Lipinski definition) is 7. The van der Waals surface area contributed by atoms with E-state index in [4.69, 9.17) is 4.74 Å². The van der Waals surface area contributed by atoms with Gasteiger partial charge < -0.3 is 4.74 Å². The Morgan fingerprint density at radius 2 is 1.77 bits per heavy atom. The van der Waals surface area contributed by atoms with E-state index in [-0.39, 0.29) is 16.8 Å². The van der Waals surface area contributed by atoms with Gasteiger partial charge in [-0.1, -0.05) is 23.8 Å². The first-order valence-corrected chi connectivity index (χ1v) is 11.0. The first kappa shape index (κ1) is 23.8. The van der Waals surface area contributed by atoms with Crippen LogP contribution in [-0.4, -0.2) is 52.1 Å². The molecule has 0 spiro atoms. The van der Waals surface area contributed by atoms with Crippen LogP contribution < -0.4 is 4.74 Å². The first-order chi connectivity index (χ1) is 16.7. The number of rotatable bonds is 7. The monoisotopic (exact) mass is 477 g/mol. The molecule has 2 aromatic rings. The predicted octanol–water partition coefficient (Wildman–Crippen LogP) is 3.18. The Bertz CT molecular complexity index is 1250. The van der Waals surface area contributed by atoms with Crippen LogP contribution in [-0.2, 0) is 9.59 Å². The maximum absolute atomic E-state index is 13.5. The molecular formula is C25H23N3O7. The quantitative estimate of drug-likeness (QED) is 0.197. The fourth-order valence-corrected chi connectivity index (χ4v) is 4.39. The van der Waals surface area contributed by atoms with Crippen molar-refractivity contribution >= 4 is 29.2 Å². The zero-order chi connectivity index (χ0) is 25.3. The number of hydrogen-bond donors (Lipinski definition) is 0. The van der Waals surface area contributed by atoms with Crippen LogP contribution in [0.3, 0.4) is 0 Å². The van der Waals surface area contributed by atoms with Crippen LogP contribution in [0.4, 0.5) is 5.69 Å². The van der Waals surface area contributed by atoms with Gasteiger partial charge in [-0.05, 0) is 44.0 Å². The first-order valence-electron chi connectivity index (χ1n) is 11.0. The molecule has 3 amide bonds. The summed E-state index contributed by atoms with van der Waals surface area (Å²) in [6.07, 6.45) is 2.68. The van der Waals surface area contributed by atoms with Gasteiger partial charge in [-0.3, -0.25) is 29.3 Å². The van der Waals surface area contributed by atoms with Gasteiger partial charge in [0.15, 0.2) is 5.78 Å². The number of nitro benzene ring substituents is 1. The minimum Gasteiger partial charge on any atom is -0.497 e. The second-order valence-corrected chi connectivity index (χ2v) is 8.51. The van der Waals surface area contributed by atoms with E-state index in [2.05, 4.69) is 0 Å². The molecule has 2 aliphatic rings. The van der Waals surface area contributed by atoms with Crippen molar-refractivity contribution in [1.82, 2.24) is 10.0 Å². The summed E-state index contributed by atoms with van der Waals surface area (Å²) in [6.45, 7) is 1.30.